The number of ether oxygens (including phenoxy) is 1. The number of amides is 1. The third-order valence-corrected chi connectivity index (χ3v) is 3.12. The highest BCUT2D eigenvalue weighted by Gasteiger charge is 2.06. The smallest absolute Gasteiger partial charge is 0.233 e. The zero-order valence-corrected chi connectivity index (χ0v) is 11.6. The fourth-order valence-electron chi connectivity index (χ4n) is 1.90. The van der Waals surface area contributed by atoms with Crippen molar-refractivity contribution in [1.82, 2.24) is 10.6 Å². The molecule has 0 fully saturated rings. The number of hydrogen-bond acceptors (Lipinski definition) is 3. The normalized spacial score (nSPS) is 10.2. The first-order valence-electron chi connectivity index (χ1n) is 6.14. The third kappa shape index (κ3) is 3.74. The number of benzene rings is 1. The van der Waals surface area contributed by atoms with Gasteiger partial charge >= 0.3 is 0 Å². The Labute approximate surface area is 109 Å². The van der Waals surface area contributed by atoms with Crippen LogP contribution in [0.1, 0.15) is 16.7 Å². The molecule has 4 nitrogen and oxygen atoms in total. The Morgan fingerprint density at radius 3 is 2.61 bits per heavy atom. The Morgan fingerprint density at radius 1 is 1.28 bits per heavy atom. The number of hydrogen-bond donors (Lipinski definition) is 2. The van der Waals surface area contributed by atoms with Crippen molar-refractivity contribution in [2.45, 2.75) is 20.3 Å². The first kappa shape index (κ1) is 14.5. The number of carbonyl (C=O) groups excluding carboxylic acids is 1. The SMILES string of the molecule is CNCC(=O)NCCc1ccc(OC)c(C)c1C. The summed E-state index contributed by atoms with van der Waals surface area (Å²) < 4.78 is 5.28. The van der Waals surface area contributed by atoms with Gasteiger partial charge in [-0.25, -0.2) is 0 Å². The maximum Gasteiger partial charge on any atom is 0.233 e. The summed E-state index contributed by atoms with van der Waals surface area (Å²) in [5.74, 6) is 0.941. The monoisotopic (exact) mass is 250 g/mol. The fourth-order valence-corrected chi connectivity index (χ4v) is 1.90. The summed E-state index contributed by atoms with van der Waals surface area (Å²) in [7, 11) is 3.44. The average molecular weight is 250 g/mol. The van der Waals surface area contributed by atoms with Crippen LogP contribution in [0.3, 0.4) is 0 Å². The molecule has 1 amide bonds. The van der Waals surface area contributed by atoms with Crippen molar-refractivity contribution in [3.8, 4) is 5.75 Å². The number of rotatable bonds is 6. The second kappa shape index (κ2) is 7.01. The van der Waals surface area contributed by atoms with Crippen LogP contribution in [-0.2, 0) is 11.2 Å². The van der Waals surface area contributed by atoms with Gasteiger partial charge in [-0.1, -0.05) is 6.07 Å². The Bertz CT molecular complexity index is 417. The molecule has 0 aromatic heterocycles. The summed E-state index contributed by atoms with van der Waals surface area (Å²) in [6.07, 6.45) is 0.839. The minimum Gasteiger partial charge on any atom is -0.496 e. The van der Waals surface area contributed by atoms with Gasteiger partial charge in [0.25, 0.3) is 0 Å². The van der Waals surface area contributed by atoms with Crippen LogP contribution in [0, 0.1) is 13.8 Å². The lowest BCUT2D eigenvalue weighted by Gasteiger charge is -2.13. The lowest BCUT2D eigenvalue weighted by molar-refractivity contribution is -0.120. The van der Waals surface area contributed by atoms with Crippen LogP contribution < -0.4 is 15.4 Å². The summed E-state index contributed by atoms with van der Waals surface area (Å²) in [5, 5.41) is 5.70. The molecule has 0 saturated carbocycles. The number of nitrogens with one attached hydrogen (secondary N) is 2. The van der Waals surface area contributed by atoms with Gasteiger partial charge in [0.15, 0.2) is 0 Å². The largest absolute Gasteiger partial charge is 0.496 e. The van der Waals surface area contributed by atoms with Crippen molar-refractivity contribution in [1.29, 1.82) is 0 Å². The Morgan fingerprint density at radius 2 is 2.00 bits per heavy atom. The molecule has 1 aromatic rings. The van der Waals surface area contributed by atoms with E-state index in [1.54, 1.807) is 14.2 Å². The zero-order valence-electron chi connectivity index (χ0n) is 11.6. The molecule has 0 atom stereocenters. The highest BCUT2D eigenvalue weighted by Crippen LogP contribution is 2.23. The molecule has 0 spiro atoms. The molecule has 1 rings (SSSR count). The summed E-state index contributed by atoms with van der Waals surface area (Å²) in [6, 6.07) is 4.04. The predicted molar refractivity (Wildman–Crippen MR) is 73.1 cm³/mol. The molecule has 1 aromatic carbocycles. The molecule has 2 N–H and O–H groups in total. The summed E-state index contributed by atoms with van der Waals surface area (Å²) in [6.45, 7) is 5.16. The first-order chi connectivity index (χ1) is 8.60. The van der Waals surface area contributed by atoms with Gasteiger partial charge in [0.2, 0.25) is 5.91 Å². The fraction of sp³-hybridized carbons (Fsp3) is 0.500. The van der Waals surface area contributed by atoms with Crippen molar-refractivity contribution in [2.24, 2.45) is 0 Å². The molecule has 0 saturated heterocycles. The number of likely N-dealkylation sites (N-methyl/N-ethyl adjacent to an activating group) is 1. The molecule has 100 valence electrons. The molecule has 0 radical (unpaired) electrons. The van der Waals surface area contributed by atoms with E-state index in [0.29, 0.717) is 13.1 Å². The highest BCUT2D eigenvalue weighted by atomic mass is 16.5. The molecule has 0 aliphatic rings. The highest BCUT2D eigenvalue weighted by molar-refractivity contribution is 5.77. The van der Waals surface area contributed by atoms with Gasteiger partial charge in [-0.05, 0) is 50.1 Å². The Balaban J connectivity index is 2.58. The van der Waals surface area contributed by atoms with Crippen LogP contribution in [0.15, 0.2) is 12.1 Å². The van der Waals surface area contributed by atoms with Crippen LogP contribution in [0.2, 0.25) is 0 Å². The van der Waals surface area contributed by atoms with E-state index < -0.39 is 0 Å². The van der Waals surface area contributed by atoms with E-state index >= 15 is 0 Å². The minimum atomic E-state index is 0.0281. The average Bonchev–Trinajstić information content (AvgIpc) is 2.35. The van der Waals surface area contributed by atoms with Crippen LogP contribution in [-0.4, -0.2) is 33.2 Å². The summed E-state index contributed by atoms with van der Waals surface area (Å²) >= 11 is 0. The molecule has 0 unspecified atom stereocenters. The zero-order chi connectivity index (χ0) is 13.5. The van der Waals surface area contributed by atoms with E-state index in [1.165, 1.54) is 11.1 Å². The molecule has 4 heteroatoms. The summed E-state index contributed by atoms with van der Waals surface area (Å²) in [4.78, 5) is 11.3. The van der Waals surface area contributed by atoms with Crippen LogP contribution >= 0.6 is 0 Å². The molecular weight excluding hydrogens is 228 g/mol. The third-order valence-electron chi connectivity index (χ3n) is 3.12. The van der Waals surface area contributed by atoms with Gasteiger partial charge in [0.1, 0.15) is 5.75 Å². The van der Waals surface area contributed by atoms with Crippen molar-refractivity contribution in [2.75, 3.05) is 27.2 Å². The van der Waals surface area contributed by atoms with Gasteiger partial charge in [-0.3, -0.25) is 4.79 Å². The van der Waals surface area contributed by atoms with Crippen molar-refractivity contribution in [3.05, 3.63) is 28.8 Å². The second-order valence-corrected chi connectivity index (χ2v) is 4.31. The van der Waals surface area contributed by atoms with E-state index in [4.69, 9.17) is 4.74 Å². The maximum absolute atomic E-state index is 11.3. The van der Waals surface area contributed by atoms with Gasteiger partial charge in [-0.2, -0.15) is 0 Å². The topological polar surface area (TPSA) is 50.4 Å². The van der Waals surface area contributed by atoms with Gasteiger partial charge in [-0.15, -0.1) is 0 Å². The molecule has 0 aliphatic heterocycles. The Kier molecular flexibility index (Phi) is 5.65. The standard InChI is InChI=1S/C14H22N2O2/c1-10-11(2)13(18-4)6-5-12(10)7-8-16-14(17)9-15-3/h5-6,15H,7-9H2,1-4H3,(H,16,17). The quantitative estimate of drug-likeness (QED) is 0.797. The Hall–Kier alpha value is -1.55. The van der Waals surface area contributed by atoms with Crippen LogP contribution in [0.4, 0.5) is 0 Å². The minimum absolute atomic E-state index is 0.0281. The van der Waals surface area contributed by atoms with Gasteiger partial charge in [0.05, 0.1) is 13.7 Å². The van der Waals surface area contributed by atoms with Crippen molar-refractivity contribution >= 4 is 5.91 Å². The van der Waals surface area contributed by atoms with Crippen LogP contribution in [0.25, 0.3) is 0 Å². The van der Waals surface area contributed by atoms with Gasteiger partial charge < -0.3 is 15.4 Å². The second-order valence-electron chi connectivity index (χ2n) is 4.31. The van der Waals surface area contributed by atoms with E-state index in [1.807, 2.05) is 6.07 Å². The molecular formula is C14H22N2O2. The lowest BCUT2D eigenvalue weighted by Crippen LogP contribution is -2.33. The van der Waals surface area contributed by atoms with E-state index in [-0.39, 0.29) is 5.91 Å². The predicted octanol–water partition coefficient (Wildman–Crippen LogP) is 1.19. The molecule has 0 bridgehead atoms. The van der Waals surface area contributed by atoms with Crippen LogP contribution in [0.5, 0.6) is 5.75 Å². The lowest BCUT2D eigenvalue weighted by atomic mass is 10.00. The van der Waals surface area contributed by atoms with Crippen molar-refractivity contribution < 1.29 is 9.53 Å². The number of carbonyl (C=O) groups is 1. The molecule has 0 aliphatic carbocycles. The van der Waals surface area contributed by atoms with Gasteiger partial charge in [0, 0.05) is 6.54 Å². The van der Waals surface area contributed by atoms with E-state index in [0.717, 1.165) is 17.7 Å². The summed E-state index contributed by atoms with van der Waals surface area (Å²) in [5.41, 5.74) is 3.65. The van der Waals surface area contributed by atoms with Crippen molar-refractivity contribution in [3.63, 3.8) is 0 Å². The maximum atomic E-state index is 11.3. The molecule has 0 heterocycles. The first-order valence-corrected chi connectivity index (χ1v) is 6.14. The molecule has 18 heavy (non-hydrogen) atoms. The van der Waals surface area contributed by atoms with E-state index in [9.17, 15) is 4.79 Å². The number of methoxy groups -OCH3 is 1. The van der Waals surface area contributed by atoms with E-state index in [2.05, 4.69) is 30.5 Å².